The van der Waals surface area contributed by atoms with E-state index < -0.39 is 27.3 Å². The van der Waals surface area contributed by atoms with Crippen molar-refractivity contribution < 1.29 is 20.3 Å². The van der Waals surface area contributed by atoms with Crippen LogP contribution in [0.3, 0.4) is 0 Å². The summed E-state index contributed by atoms with van der Waals surface area (Å²) >= 11 is 0. The van der Waals surface area contributed by atoms with Crippen molar-refractivity contribution >= 4 is 11.4 Å². The molecule has 2 N–H and O–H groups in total. The van der Waals surface area contributed by atoms with Gasteiger partial charge in [0.25, 0.3) is 0 Å². The zero-order chi connectivity index (χ0) is 14.7. The molecule has 4 unspecified atom stereocenters. The Kier molecular flexibility index (Phi) is 2.47. The Labute approximate surface area is 112 Å². The highest BCUT2D eigenvalue weighted by molar-refractivity contribution is 6.01. The fourth-order valence-electron chi connectivity index (χ4n) is 4.30. The molecule has 0 amide bonds. The SMILES string of the molecule is O=[N+]([O-])C1([N+](=O)[O-])C2CC3CC(CC1/C3=N/O)/C2=N/O. The van der Waals surface area contributed by atoms with Crippen molar-refractivity contribution in [2.24, 2.45) is 34.0 Å². The first-order valence-electron chi connectivity index (χ1n) is 6.21. The molecule has 0 spiro atoms. The molecule has 4 aliphatic carbocycles. The summed E-state index contributed by atoms with van der Waals surface area (Å²) in [6.45, 7) is 0. The molecule has 108 valence electrons. The molecule has 0 aromatic heterocycles. The molecule has 0 aliphatic heterocycles. The molecular formula is C10H12N4O6. The van der Waals surface area contributed by atoms with Crippen LogP contribution in [0.15, 0.2) is 10.3 Å². The Morgan fingerprint density at radius 1 is 0.950 bits per heavy atom. The lowest BCUT2D eigenvalue weighted by Gasteiger charge is -2.51. The lowest BCUT2D eigenvalue weighted by molar-refractivity contribution is -0.813. The third-order valence-electron chi connectivity index (χ3n) is 5.00. The van der Waals surface area contributed by atoms with E-state index in [4.69, 9.17) is 10.4 Å². The van der Waals surface area contributed by atoms with E-state index in [9.17, 15) is 20.2 Å². The lowest BCUT2D eigenvalue weighted by Crippen LogP contribution is -2.72. The number of hydrogen-bond acceptors (Lipinski definition) is 8. The summed E-state index contributed by atoms with van der Waals surface area (Å²) in [5, 5.41) is 47.3. The largest absolute Gasteiger partial charge is 0.474 e. The highest BCUT2D eigenvalue weighted by atomic mass is 16.7. The summed E-state index contributed by atoms with van der Waals surface area (Å²) in [4.78, 5) is 21.1. The Morgan fingerprint density at radius 2 is 1.35 bits per heavy atom. The van der Waals surface area contributed by atoms with Crippen molar-refractivity contribution in [1.29, 1.82) is 0 Å². The average Bonchev–Trinajstić information content (AvgIpc) is 2.38. The second-order valence-electron chi connectivity index (χ2n) is 5.55. The molecule has 20 heavy (non-hydrogen) atoms. The van der Waals surface area contributed by atoms with Crippen LogP contribution in [-0.4, -0.2) is 37.3 Å². The first-order valence-corrected chi connectivity index (χ1v) is 6.21. The smallest absolute Gasteiger partial charge is 0.411 e. The van der Waals surface area contributed by atoms with Gasteiger partial charge in [-0.15, -0.1) is 0 Å². The van der Waals surface area contributed by atoms with Crippen LogP contribution in [-0.2, 0) is 0 Å². The van der Waals surface area contributed by atoms with E-state index in [-0.39, 0.29) is 36.1 Å². The highest BCUT2D eigenvalue weighted by Crippen LogP contribution is 2.57. The molecule has 4 rings (SSSR count). The molecule has 10 nitrogen and oxygen atoms in total. The fraction of sp³-hybridized carbons (Fsp3) is 0.800. The van der Waals surface area contributed by atoms with Gasteiger partial charge in [0.05, 0.1) is 21.3 Å². The molecular weight excluding hydrogens is 272 g/mol. The van der Waals surface area contributed by atoms with Crippen molar-refractivity contribution in [2.75, 3.05) is 0 Å². The van der Waals surface area contributed by atoms with Crippen LogP contribution in [0.25, 0.3) is 0 Å². The Balaban J connectivity index is 2.23. The summed E-state index contributed by atoms with van der Waals surface area (Å²) < 4.78 is 0. The molecule has 0 aromatic rings. The zero-order valence-electron chi connectivity index (χ0n) is 10.2. The molecule has 4 bridgehead atoms. The standard InChI is InChI=1S/C10H12N4O6/c15-11-8-4-1-5-3-7(8)10(13(17)18,14(19)20)6(2-4)9(5)12-16/h4-7,15-16H,1-3H2/b11-8-,12-9+. The zero-order valence-corrected chi connectivity index (χ0v) is 10.2. The number of nitro groups is 2. The van der Waals surface area contributed by atoms with Gasteiger partial charge < -0.3 is 10.4 Å². The maximum Gasteiger partial charge on any atom is 0.474 e. The first kappa shape index (κ1) is 12.8. The summed E-state index contributed by atoms with van der Waals surface area (Å²) in [6, 6.07) is 0. The minimum atomic E-state index is -2.49. The monoisotopic (exact) mass is 284 g/mol. The van der Waals surface area contributed by atoms with Crippen LogP contribution in [0.2, 0.25) is 0 Å². The molecule has 0 heterocycles. The fourth-order valence-corrected chi connectivity index (χ4v) is 4.30. The van der Waals surface area contributed by atoms with Crippen molar-refractivity contribution in [3.8, 4) is 0 Å². The summed E-state index contributed by atoms with van der Waals surface area (Å²) in [6.07, 6.45) is 0.763. The van der Waals surface area contributed by atoms with Crippen LogP contribution < -0.4 is 0 Å². The third-order valence-corrected chi connectivity index (χ3v) is 5.00. The minimum Gasteiger partial charge on any atom is -0.411 e. The normalized spacial score (nSPS) is 41.2. The van der Waals surface area contributed by atoms with E-state index in [0.29, 0.717) is 6.42 Å². The van der Waals surface area contributed by atoms with E-state index in [1.54, 1.807) is 0 Å². The summed E-state index contributed by atoms with van der Waals surface area (Å²) in [5.74, 6) is -2.53. The Hall–Kier alpha value is -2.26. The topological polar surface area (TPSA) is 151 Å². The summed E-state index contributed by atoms with van der Waals surface area (Å²) in [7, 11) is 0. The number of nitrogens with zero attached hydrogens (tertiary/aromatic N) is 4. The quantitative estimate of drug-likeness (QED) is 0.327. The maximum absolute atomic E-state index is 11.5. The lowest BCUT2D eigenvalue weighted by atomic mass is 9.50. The van der Waals surface area contributed by atoms with Crippen LogP contribution in [0, 0.1) is 43.9 Å². The van der Waals surface area contributed by atoms with Crippen LogP contribution in [0.5, 0.6) is 0 Å². The van der Waals surface area contributed by atoms with Gasteiger partial charge in [-0.05, 0) is 19.3 Å². The van der Waals surface area contributed by atoms with Crippen molar-refractivity contribution in [2.45, 2.75) is 24.9 Å². The highest BCUT2D eigenvalue weighted by Gasteiger charge is 2.79. The third kappa shape index (κ3) is 1.18. The van der Waals surface area contributed by atoms with Gasteiger partial charge in [-0.3, -0.25) is 20.2 Å². The van der Waals surface area contributed by atoms with Gasteiger partial charge in [-0.2, -0.15) is 0 Å². The minimum absolute atomic E-state index is 0.105. The predicted octanol–water partition coefficient (Wildman–Crippen LogP) is 0.572. The van der Waals surface area contributed by atoms with E-state index in [1.165, 1.54) is 0 Å². The van der Waals surface area contributed by atoms with Gasteiger partial charge in [0, 0.05) is 11.8 Å². The molecule has 0 aromatic carbocycles. The molecule has 4 atom stereocenters. The van der Waals surface area contributed by atoms with E-state index >= 15 is 0 Å². The number of rotatable bonds is 2. The Bertz CT molecular complexity index is 510. The van der Waals surface area contributed by atoms with Crippen LogP contribution in [0.4, 0.5) is 0 Å². The van der Waals surface area contributed by atoms with Crippen molar-refractivity contribution in [3.05, 3.63) is 20.2 Å². The molecule has 4 saturated carbocycles. The van der Waals surface area contributed by atoms with Gasteiger partial charge in [0.1, 0.15) is 11.8 Å². The predicted molar refractivity (Wildman–Crippen MR) is 63.0 cm³/mol. The summed E-state index contributed by atoms with van der Waals surface area (Å²) in [5.41, 5.74) is -2.21. The molecule has 0 saturated heterocycles. The molecule has 4 aliphatic rings. The van der Waals surface area contributed by atoms with Gasteiger partial charge in [-0.25, -0.2) is 0 Å². The Morgan fingerprint density at radius 3 is 1.65 bits per heavy atom. The first-order chi connectivity index (χ1) is 9.48. The second kappa shape index (κ2) is 3.87. The maximum atomic E-state index is 11.5. The van der Waals surface area contributed by atoms with E-state index in [1.807, 2.05) is 0 Å². The van der Waals surface area contributed by atoms with Crippen LogP contribution in [0.1, 0.15) is 19.3 Å². The van der Waals surface area contributed by atoms with Gasteiger partial charge in [0.15, 0.2) is 0 Å². The van der Waals surface area contributed by atoms with Crippen molar-refractivity contribution in [1.82, 2.24) is 0 Å². The van der Waals surface area contributed by atoms with E-state index in [0.717, 1.165) is 0 Å². The number of oxime groups is 2. The molecule has 4 fully saturated rings. The van der Waals surface area contributed by atoms with Gasteiger partial charge >= 0.3 is 5.66 Å². The number of hydrogen-bond donors (Lipinski definition) is 2. The van der Waals surface area contributed by atoms with E-state index in [2.05, 4.69) is 10.3 Å². The van der Waals surface area contributed by atoms with Gasteiger partial charge in [0.2, 0.25) is 0 Å². The molecule has 10 heteroatoms. The molecule has 0 radical (unpaired) electrons. The van der Waals surface area contributed by atoms with Crippen LogP contribution >= 0.6 is 0 Å². The van der Waals surface area contributed by atoms with Gasteiger partial charge in [-0.1, -0.05) is 10.3 Å². The second-order valence-corrected chi connectivity index (χ2v) is 5.55. The van der Waals surface area contributed by atoms with Crippen molar-refractivity contribution in [3.63, 3.8) is 0 Å². The average molecular weight is 284 g/mol.